The number of halogens is 2. The Morgan fingerprint density at radius 2 is 2.05 bits per heavy atom. The van der Waals surface area contributed by atoms with Crippen molar-refractivity contribution in [3.63, 3.8) is 0 Å². The minimum absolute atomic E-state index is 0.0465. The first-order valence-electron chi connectivity index (χ1n) is 5.50. The monoisotopic (exact) mass is 319 g/mol. The number of nitrogens with zero attached hydrogens (tertiary/aromatic N) is 1. The van der Waals surface area contributed by atoms with Crippen LogP contribution in [0.4, 0.5) is 4.79 Å². The van der Waals surface area contributed by atoms with Crippen molar-refractivity contribution in [2.24, 2.45) is 0 Å². The van der Waals surface area contributed by atoms with Crippen molar-refractivity contribution in [1.29, 1.82) is 0 Å². The molecule has 1 aromatic rings. The lowest BCUT2D eigenvalue weighted by Gasteiger charge is -2.06. The van der Waals surface area contributed by atoms with Crippen LogP contribution >= 0.6 is 23.2 Å². The third kappa shape index (κ3) is 5.02. The number of urea groups is 1. The van der Waals surface area contributed by atoms with E-state index in [9.17, 15) is 14.4 Å². The van der Waals surface area contributed by atoms with E-state index in [0.29, 0.717) is 6.54 Å². The van der Waals surface area contributed by atoms with Crippen molar-refractivity contribution in [2.45, 2.75) is 6.92 Å². The molecule has 1 aromatic heterocycles. The summed E-state index contributed by atoms with van der Waals surface area (Å²) >= 11 is 11.3. The summed E-state index contributed by atoms with van der Waals surface area (Å²) in [4.78, 5) is 37.5. The topological polar surface area (TPSA) is 97.4 Å². The second kappa shape index (κ2) is 7.66. The maximum Gasteiger partial charge on any atom is 0.340 e. The number of carbonyl (C=O) groups excluding carboxylic acids is 3. The van der Waals surface area contributed by atoms with E-state index in [1.54, 1.807) is 6.92 Å². The van der Waals surface area contributed by atoms with Crippen LogP contribution in [0.15, 0.2) is 12.3 Å². The number of hydrogen-bond acceptors (Lipinski definition) is 5. The maximum atomic E-state index is 11.6. The highest BCUT2D eigenvalue weighted by atomic mass is 35.5. The van der Waals surface area contributed by atoms with Gasteiger partial charge in [-0.15, -0.1) is 0 Å². The van der Waals surface area contributed by atoms with Crippen molar-refractivity contribution >= 4 is 41.1 Å². The van der Waals surface area contributed by atoms with Gasteiger partial charge in [-0.2, -0.15) is 0 Å². The molecule has 0 saturated carbocycles. The second-order valence-corrected chi connectivity index (χ2v) is 4.25. The fourth-order valence-corrected chi connectivity index (χ4v) is 1.38. The molecule has 0 saturated heterocycles. The molecule has 0 fully saturated rings. The number of rotatable bonds is 4. The lowest BCUT2D eigenvalue weighted by molar-refractivity contribution is -0.123. The summed E-state index contributed by atoms with van der Waals surface area (Å²) in [6.07, 6.45) is 1.16. The third-order valence-electron chi connectivity index (χ3n) is 1.96. The van der Waals surface area contributed by atoms with Crippen LogP contribution in [0.25, 0.3) is 0 Å². The van der Waals surface area contributed by atoms with Crippen LogP contribution in [0.1, 0.15) is 17.3 Å². The fraction of sp³-hybridized carbons (Fsp3) is 0.273. The highest BCUT2D eigenvalue weighted by Gasteiger charge is 2.13. The predicted molar refractivity (Wildman–Crippen MR) is 71.8 cm³/mol. The number of esters is 1. The SMILES string of the molecule is CCNC(=O)NC(=O)COC(=O)c1cnc(Cl)c(Cl)c1. The first-order chi connectivity index (χ1) is 9.43. The lowest BCUT2D eigenvalue weighted by atomic mass is 10.3. The van der Waals surface area contributed by atoms with E-state index in [1.165, 1.54) is 6.07 Å². The molecule has 7 nitrogen and oxygen atoms in total. The minimum atomic E-state index is -0.804. The Balaban J connectivity index is 2.48. The van der Waals surface area contributed by atoms with Gasteiger partial charge in [0.15, 0.2) is 6.61 Å². The first kappa shape index (κ1) is 16.2. The number of nitrogens with one attached hydrogen (secondary N) is 2. The van der Waals surface area contributed by atoms with E-state index in [2.05, 4.69) is 10.3 Å². The zero-order chi connectivity index (χ0) is 15.1. The van der Waals surface area contributed by atoms with E-state index in [1.807, 2.05) is 5.32 Å². The number of imide groups is 1. The van der Waals surface area contributed by atoms with Crippen LogP contribution in [-0.2, 0) is 9.53 Å². The molecule has 1 rings (SSSR count). The lowest BCUT2D eigenvalue weighted by Crippen LogP contribution is -2.41. The Morgan fingerprint density at radius 3 is 2.65 bits per heavy atom. The summed E-state index contributed by atoms with van der Waals surface area (Å²) in [6, 6.07) is 0.603. The van der Waals surface area contributed by atoms with Crippen molar-refractivity contribution < 1.29 is 19.1 Å². The van der Waals surface area contributed by atoms with Gasteiger partial charge in [0.25, 0.3) is 5.91 Å². The van der Waals surface area contributed by atoms with Crippen molar-refractivity contribution in [1.82, 2.24) is 15.6 Å². The Morgan fingerprint density at radius 1 is 1.35 bits per heavy atom. The van der Waals surface area contributed by atoms with E-state index in [-0.39, 0.29) is 15.7 Å². The number of hydrogen-bond donors (Lipinski definition) is 2. The Labute approximate surface area is 124 Å². The van der Waals surface area contributed by atoms with Crippen LogP contribution in [0.3, 0.4) is 0 Å². The van der Waals surface area contributed by atoms with Crippen LogP contribution in [0.2, 0.25) is 10.2 Å². The van der Waals surface area contributed by atoms with Crippen LogP contribution in [-0.4, -0.2) is 36.0 Å². The molecule has 108 valence electrons. The summed E-state index contributed by atoms with van der Waals surface area (Å²) in [5.41, 5.74) is 0.0465. The minimum Gasteiger partial charge on any atom is -0.452 e. The van der Waals surface area contributed by atoms with E-state index >= 15 is 0 Å². The Kier molecular flexibility index (Phi) is 6.20. The number of amides is 3. The highest BCUT2D eigenvalue weighted by molar-refractivity contribution is 6.41. The van der Waals surface area contributed by atoms with Gasteiger partial charge in [-0.25, -0.2) is 14.6 Å². The molecule has 0 aliphatic rings. The number of ether oxygens (including phenoxy) is 1. The molecule has 0 bridgehead atoms. The van der Waals surface area contributed by atoms with Gasteiger partial charge in [0.1, 0.15) is 5.15 Å². The van der Waals surface area contributed by atoms with Crippen LogP contribution in [0, 0.1) is 0 Å². The molecule has 0 aliphatic heterocycles. The molecule has 0 atom stereocenters. The molecule has 0 spiro atoms. The maximum absolute atomic E-state index is 11.6. The van der Waals surface area contributed by atoms with Gasteiger partial charge in [0.2, 0.25) is 0 Å². The molecule has 0 aliphatic carbocycles. The number of aromatic nitrogens is 1. The Bertz CT molecular complexity index is 536. The number of pyridine rings is 1. The average molecular weight is 320 g/mol. The summed E-state index contributed by atoms with van der Waals surface area (Å²) in [7, 11) is 0. The highest BCUT2D eigenvalue weighted by Crippen LogP contribution is 2.19. The third-order valence-corrected chi connectivity index (χ3v) is 2.64. The summed E-state index contributed by atoms with van der Waals surface area (Å²) < 4.78 is 4.69. The molecule has 9 heteroatoms. The van der Waals surface area contributed by atoms with Crippen molar-refractivity contribution in [3.05, 3.63) is 28.0 Å². The van der Waals surface area contributed by atoms with Crippen molar-refractivity contribution in [2.75, 3.05) is 13.2 Å². The molecular weight excluding hydrogens is 309 g/mol. The predicted octanol–water partition coefficient (Wildman–Crippen LogP) is 1.39. The zero-order valence-electron chi connectivity index (χ0n) is 10.4. The van der Waals surface area contributed by atoms with Gasteiger partial charge in [-0.3, -0.25) is 10.1 Å². The summed E-state index contributed by atoms with van der Waals surface area (Å²) in [5, 5.41) is 4.48. The molecule has 20 heavy (non-hydrogen) atoms. The normalized spacial score (nSPS) is 9.75. The molecule has 0 unspecified atom stereocenters. The largest absolute Gasteiger partial charge is 0.452 e. The number of carbonyl (C=O) groups is 3. The summed E-state index contributed by atoms with van der Waals surface area (Å²) in [5.74, 6) is -1.56. The van der Waals surface area contributed by atoms with Gasteiger partial charge >= 0.3 is 12.0 Å². The second-order valence-electron chi connectivity index (χ2n) is 3.48. The first-order valence-corrected chi connectivity index (χ1v) is 6.25. The van der Waals surface area contributed by atoms with Gasteiger partial charge in [-0.1, -0.05) is 23.2 Å². The zero-order valence-corrected chi connectivity index (χ0v) is 11.9. The molecule has 0 radical (unpaired) electrons. The molecule has 3 amide bonds. The van der Waals surface area contributed by atoms with E-state index in [4.69, 9.17) is 27.9 Å². The van der Waals surface area contributed by atoms with Gasteiger partial charge in [0.05, 0.1) is 10.6 Å². The van der Waals surface area contributed by atoms with E-state index < -0.39 is 24.5 Å². The van der Waals surface area contributed by atoms with Gasteiger partial charge < -0.3 is 10.1 Å². The van der Waals surface area contributed by atoms with Crippen LogP contribution in [0.5, 0.6) is 0 Å². The van der Waals surface area contributed by atoms with Gasteiger partial charge in [-0.05, 0) is 13.0 Å². The Hall–Kier alpha value is -1.86. The quantitative estimate of drug-likeness (QED) is 0.645. The van der Waals surface area contributed by atoms with E-state index in [0.717, 1.165) is 6.20 Å². The average Bonchev–Trinajstić information content (AvgIpc) is 2.39. The smallest absolute Gasteiger partial charge is 0.340 e. The standard InChI is InChI=1S/C11H11Cl2N3O4/c1-2-14-11(19)16-8(17)5-20-10(18)6-3-7(12)9(13)15-4-6/h3-4H,2,5H2,1H3,(H2,14,16,17,19). The summed E-state index contributed by atoms with van der Waals surface area (Å²) in [6.45, 7) is 1.46. The fourth-order valence-electron chi connectivity index (χ4n) is 1.11. The van der Waals surface area contributed by atoms with Crippen molar-refractivity contribution in [3.8, 4) is 0 Å². The molecule has 0 aromatic carbocycles. The van der Waals surface area contributed by atoms with Gasteiger partial charge in [0, 0.05) is 12.7 Å². The molecule has 2 N–H and O–H groups in total. The molecule has 1 heterocycles. The van der Waals surface area contributed by atoms with Crippen LogP contribution < -0.4 is 10.6 Å². The molecular formula is C11H11Cl2N3O4.